The average Bonchev–Trinajstić information content (AvgIpc) is 2.68. The number of amides is 1. The van der Waals surface area contributed by atoms with Crippen LogP contribution in [-0.2, 0) is 10.5 Å². The summed E-state index contributed by atoms with van der Waals surface area (Å²) in [4.78, 5) is 11.9. The largest absolute Gasteiger partial charge is 0.353 e. The summed E-state index contributed by atoms with van der Waals surface area (Å²) >= 11 is 1.70. The summed E-state index contributed by atoms with van der Waals surface area (Å²) in [5.41, 5.74) is 1.29. The highest BCUT2D eigenvalue weighted by Gasteiger charge is 2.14. The minimum absolute atomic E-state index is 0.202. The lowest BCUT2D eigenvalue weighted by atomic mass is 10.1. The quantitative estimate of drug-likeness (QED) is 0.830. The topological polar surface area (TPSA) is 29.1 Å². The molecule has 1 fully saturated rings. The van der Waals surface area contributed by atoms with E-state index in [9.17, 15) is 4.79 Å². The first-order chi connectivity index (χ1) is 9.34. The maximum absolute atomic E-state index is 11.9. The van der Waals surface area contributed by atoms with Crippen molar-refractivity contribution in [2.75, 3.05) is 5.75 Å². The zero-order valence-electron chi connectivity index (χ0n) is 11.4. The van der Waals surface area contributed by atoms with E-state index in [4.69, 9.17) is 0 Å². The van der Waals surface area contributed by atoms with E-state index in [0.29, 0.717) is 11.8 Å². The molecule has 1 amide bonds. The van der Waals surface area contributed by atoms with E-state index in [1.54, 1.807) is 11.8 Å². The van der Waals surface area contributed by atoms with Crippen molar-refractivity contribution in [2.45, 2.75) is 50.3 Å². The van der Waals surface area contributed by atoms with Gasteiger partial charge >= 0.3 is 0 Å². The molecule has 1 aliphatic carbocycles. The van der Waals surface area contributed by atoms with E-state index in [0.717, 1.165) is 18.6 Å². The van der Waals surface area contributed by atoms with E-state index in [1.807, 2.05) is 18.2 Å². The number of carbonyl (C=O) groups excluding carboxylic acids is 1. The molecule has 0 unspecified atom stereocenters. The smallest absolute Gasteiger partial charge is 0.230 e. The summed E-state index contributed by atoms with van der Waals surface area (Å²) in [6.07, 6.45) is 7.51. The Morgan fingerprint density at radius 1 is 1.11 bits per heavy atom. The Labute approximate surface area is 120 Å². The van der Waals surface area contributed by atoms with Crippen LogP contribution in [0.15, 0.2) is 30.3 Å². The van der Waals surface area contributed by atoms with Crippen LogP contribution in [0.25, 0.3) is 0 Å². The van der Waals surface area contributed by atoms with Gasteiger partial charge in [0.15, 0.2) is 0 Å². The number of hydrogen-bond donors (Lipinski definition) is 1. The van der Waals surface area contributed by atoms with E-state index < -0.39 is 0 Å². The third kappa shape index (κ3) is 5.68. The first-order valence-corrected chi connectivity index (χ1v) is 8.41. The van der Waals surface area contributed by atoms with E-state index in [-0.39, 0.29) is 5.91 Å². The maximum atomic E-state index is 11.9. The molecule has 1 aromatic carbocycles. The minimum atomic E-state index is 0.202. The van der Waals surface area contributed by atoms with Crippen LogP contribution >= 0.6 is 11.8 Å². The third-order valence-corrected chi connectivity index (χ3v) is 4.57. The summed E-state index contributed by atoms with van der Waals surface area (Å²) in [6, 6.07) is 10.7. The molecule has 0 bridgehead atoms. The molecule has 3 heteroatoms. The van der Waals surface area contributed by atoms with Gasteiger partial charge in [0.2, 0.25) is 5.91 Å². The normalized spacial score (nSPS) is 16.8. The lowest BCUT2D eigenvalue weighted by Crippen LogP contribution is -2.35. The third-order valence-electron chi connectivity index (χ3n) is 3.56. The van der Waals surface area contributed by atoms with Crippen LogP contribution in [0.1, 0.15) is 44.1 Å². The van der Waals surface area contributed by atoms with Crippen LogP contribution in [0.3, 0.4) is 0 Å². The van der Waals surface area contributed by atoms with Crippen molar-refractivity contribution in [3.05, 3.63) is 35.9 Å². The number of benzene rings is 1. The van der Waals surface area contributed by atoms with Crippen LogP contribution < -0.4 is 5.32 Å². The van der Waals surface area contributed by atoms with Gasteiger partial charge in [0.1, 0.15) is 0 Å². The summed E-state index contributed by atoms with van der Waals surface area (Å²) in [5, 5.41) is 3.19. The molecule has 0 heterocycles. The molecule has 2 nitrogen and oxygen atoms in total. The monoisotopic (exact) mass is 277 g/mol. The average molecular weight is 277 g/mol. The predicted octanol–water partition coefficient (Wildman–Crippen LogP) is 3.76. The molecule has 0 spiro atoms. The summed E-state index contributed by atoms with van der Waals surface area (Å²) in [5.74, 6) is 1.69. The van der Waals surface area contributed by atoms with E-state index in [1.165, 1.54) is 31.2 Å². The van der Waals surface area contributed by atoms with Crippen molar-refractivity contribution < 1.29 is 4.79 Å². The molecule has 19 heavy (non-hydrogen) atoms. The fourth-order valence-corrected chi connectivity index (χ4v) is 3.33. The molecule has 1 N–H and O–H groups in total. The molecule has 1 aromatic rings. The van der Waals surface area contributed by atoms with Crippen molar-refractivity contribution in [1.82, 2.24) is 5.32 Å². The van der Waals surface area contributed by atoms with Gasteiger partial charge in [-0.15, -0.1) is 11.8 Å². The van der Waals surface area contributed by atoms with Gasteiger partial charge in [0.05, 0.1) is 5.75 Å². The molecule has 0 aromatic heterocycles. The molecule has 0 atom stereocenters. The Bertz CT molecular complexity index is 372. The highest BCUT2D eigenvalue weighted by Crippen LogP contribution is 2.17. The SMILES string of the molecule is O=C(CSCc1ccccc1)NC1CCCCCC1. The fraction of sp³-hybridized carbons (Fsp3) is 0.562. The Morgan fingerprint density at radius 3 is 2.47 bits per heavy atom. The molecule has 0 aliphatic heterocycles. The van der Waals surface area contributed by atoms with Gasteiger partial charge in [0, 0.05) is 11.8 Å². The zero-order chi connectivity index (χ0) is 13.3. The van der Waals surface area contributed by atoms with Crippen LogP contribution in [0, 0.1) is 0 Å². The number of thioether (sulfide) groups is 1. The molecule has 1 saturated carbocycles. The Balaban J connectivity index is 1.64. The van der Waals surface area contributed by atoms with Gasteiger partial charge in [-0.1, -0.05) is 56.0 Å². The predicted molar refractivity (Wildman–Crippen MR) is 82.2 cm³/mol. The Morgan fingerprint density at radius 2 is 1.79 bits per heavy atom. The molecular weight excluding hydrogens is 254 g/mol. The first-order valence-electron chi connectivity index (χ1n) is 7.25. The number of carbonyl (C=O) groups is 1. The van der Waals surface area contributed by atoms with Crippen molar-refractivity contribution in [2.24, 2.45) is 0 Å². The fourth-order valence-electron chi connectivity index (χ4n) is 2.53. The molecule has 2 rings (SSSR count). The number of nitrogens with one attached hydrogen (secondary N) is 1. The van der Waals surface area contributed by atoms with Crippen LogP contribution in [-0.4, -0.2) is 17.7 Å². The second-order valence-electron chi connectivity index (χ2n) is 5.23. The van der Waals surface area contributed by atoms with E-state index in [2.05, 4.69) is 17.4 Å². The van der Waals surface area contributed by atoms with Gasteiger partial charge < -0.3 is 5.32 Å². The van der Waals surface area contributed by atoms with Crippen LogP contribution in [0.4, 0.5) is 0 Å². The highest BCUT2D eigenvalue weighted by atomic mass is 32.2. The molecule has 0 saturated heterocycles. The number of hydrogen-bond acceptors (Lipinski definition) is 2. The molecular formula is C16H23NOS. The van der Waals surface area contributed by atoms with E-state index >= 15 is 0 Å². The lowest BCUT2D eigenvalue weighted by molar-refractivity contribution is -0.119. The summed E-state index contributed by atoms with van der Waals surface area (Å²) < 4.78 is 0. The molecule has 0 radical (unpaired) electrons. The van der Waals surface area contributed by atoms with Gasteiger partial charge in [-0.2, -0.15) is 0 Å². The molecule has 1 aliphatic rings. The van der Waals surface area contributed by atoms with Crippen LogP contribution in [0.5, 0.6) is 0 Å². The van der Waals surface area contributed by atoms with Crippen molar-refractivity contribution in [3.63, 3.8) is 0 Å². The van der Waals surface area contributed by atoms with Crippen molar-refractivity contribution in [3.8, 4) is 0 Å². The van der Waals surface area contributed by atoms with Gasteiger partial charge in [-0.25, -0.2) is 0 Å². The highest BCUT2D eigenvalue weighted by molar-refractivity contribution is 7.99. The lowest BCUT2D eigenvalue weighted by Gasteiger charge is -2.15. The van der Waals surface area contributed by atoms with Crippen molar-refractivity contribution >= 4 is 17.7 Å². The Hall–Kier alpha value is -0.960. The summed E-state index contributed by atoms with van der Waals surface area (Å²) in [6.45, 7) is 0. The summed E-state index contributed by atoms with van der Waals surface area (Å²) in [7, 11) is 0. The second-order valence-corrected chi connectivity index (χ2v) is 6.22. The second kappa shape index (κ2) is 8.26. The standard InChI is InChI=1S/C16H23NOS/c18-16(17-15-10-6-1-2-7-11-15)13-19-12-14-8-4-3-5-9-14/h3-5,8-9,15H,1-2,6-7,10-13H2,(H,17,18). The maximum Gasteiger partial charge on any atom is 0.230 e. The van der Waals surface area contributed by atoms with Gasteiger partial charge in [-0.3, -0.25) is 4.79 Å². The minimum Gasteiger partial charge on any atom is -0.353 e. The number of rotatable bonds is 5. The zero-order valence-corrected chi connectivity index (χ0v) is 12.3. The van der Waals surface area contributed by atoms with Gasteiger partial charge in [-0.05, 0) is 18.4 Å². The Kier molecular flexibility index (Phi) is 6.28. The first kappa shape index (κ1) is 14.4. The molecule has 104 valence electrons. The van der Waals surface area contributed by atoms with Crippen molar-refractivity contribution in [1.29, 1.82) is 0 Å². The van der Waals surface area contributed by atoms with Crippen LogP contribution in [0.2, 0.25) is 0 Å². The van der Waals surface area contributed by atoms with Gasteiger partial charge in [0.25, 0.3) is 0 Å².